The molecule has 4 nitrogen and oxygen atoms in total. The number of ketones is 1. The van der Waals surface area contributed by atoms with Crippen LogP contribution in [0.5, 0.6) is 0 Å². The summed E-state index contributed by atoms with van der Waals surface area (Å²) >= 11 is 0. The number of hydrogen-bond donors (Lipinski definition) is 1. The van der Waals surface area contributed by atoms with Gasteiger partial charge in [-0.1, -0.05) is 29.8 Å². The van der Waals surface area contributed by atoms with Crippen molar-refractivity contribution < 1.29 is 4.79 Å². The molecule has 23 heavy (non-hydrogen) atoms. The van der Waals surface area contributed by atoms with E-state index in [1.165, 1.54) is 0 Å². The molecule has 0 saturated heterocycles. The number of Topliss-reactive ketones (excluding diaryl/α,β-unsaturated/α-hetero) is 1. The SMILES string of the molecule is Cc1cccc(CC(=O)c2cc(-c3ccncc3)c[nH]c2=O)c1. The standard InChI is InChI=1S/C19H16N2O2/c1-13-3-2-4-14(9-13)10-18(22)17-11-16(12-21-19(17)23)15-5-7-20-8-6-15/h2-9,11-12H,10H2,1H3,(H,21,23). The van der Waals surface area contributed by atoms with E-state index >= 15 is 0 Å². The monoisotopic (exact) mass is 304 g/mol. The molecule has 0 aliphatic rings. The van der Waals surface area contributed by atoms with Crippen molar-refractivity contribution in [1.29, 1.82) is 0 Å². The van der Waals surface area contributed by atoms with E-state index in [9.17, 15) is 9.59 Å². The highest BCUT2D eigenvalue weighted by molar-refractivity contribution is 5.98. The maximum absolute atomic E-state index is 12.5. The third-order valence-corrected chi connectivity index (χ3v) is 3.66. The van der Waals surface area contributed by atoms with Gasteiger partial charge in [0.15, 0.2) is 5.78 Å². The van der Waals surface area contributed by atoms with Gasteiger partial charge in [0.1, 0.15) is 0 Å². The summed E-state index contributed by atoms with van der Waals surface area (Å²) in [5, 5.41) is 0. The van der Waals surface area contributed by atoms with E-state index in [1.807, 2.05) is 43.3 Å². The number of nitrogens with one attached hydrogen (secondary N) is 1. The normalized spacial score (nSPS) is 10.5. The summed E-state index contributed by atoms with van der Waals surface area (Å²) in [5.74, 6) is -0.187. The number of rotatable bonds is 4. The summed E-state index contributed by atoms with van der Waals surface area (Å²) in [6, 6.07) is 13.1. The van der Waals surface area contributed by atoms with E-state index in [-0.39, 0.29) is 23.3 Å². The number of benzene rings is 1. The molecule has 0 unspecified atom stereocenters. The molecular formula is C19H16N2O2. The summed E-state index contributed by atoms with van der Waals surface area (Å²) in [4.78, 5) is 31.1. The van der Waals surface area contributed by atoms with Crippen molar-refractivity contribution >= 4 is 5.78 Å². The summed E-state index contributed by atoms with van der Waals surface area (Å²) in [5.41, 5.74) is 3.51. The number of nitrogens with zero attached hydrogens (tertiary/aromatic N) is 1. The van der Waals surface area contributed by atoms with Crippen LogP contribution >= 0.6 is 0 Å². The van der Waals surface area contributed by atoms with Crippen molar-refractivity contribution in [3.05, 3.63) is 88.1 Å². The van der Waals surface area contributed by atoms with Crippen LogP contribution in [0.25, 0.3) is 11.1 Å². The largest absolute Gasteiger partial charge is 0.328 e. The quantitative estimate of drug-likeness (QED) is 0.753. The number of pyridine rings is 2. The number of aromatic amines is 1. The zero-order valence-electron chi connectivity index (χ0n) is 12.7. The fraction of sp³-hybridized carbons (Fsp3) is 0.105. The molecule has 0 radical (unpaired) electrons. The van der Waals surface area contributed by atoms with E-state index in [1.54, 1.807) is 24.7 Å². The summed E-state index contributed by atoms with van der Waals surface area (Å²) in [7, 11) is 0. The van der Waals surface area contributed by atoms with Gasteiger partial charge in [-0.3, -0.25) is 14.6 Å². The highest BCUT2D eigenvalue weighted by atomic mass is 16.1. The van der Waals surface area contributed by atoms with Gasteiger partial charge in [-0.2, -0.15) is 0 Å². The molecule has 1 N–H and O–H groups in total. The molecule has 0 aliphatic carbocycles. The van der Waals surface area contributed by atoms with Gasteiger partial charge < -0.3 is 4.98 Å². The summed E-state index contributed by atoms with van der Waals surface area (Å²) in [6.45, 7) is 1.98. The fourth-order valence-corrected chi connectivity index (χ4v) is 2.50. The van der Waals surface area contributed by atoms with Crippen LogP contribution in [-0.4, -0.2) is 15.8 Å². The third-order valence-electron chi connectivity index (χ3n) is 3.66. The van der Waals surface area contributed by atoms with E-state index in [4.69, 9.17) is 0 Å². The Kier molecular flexibility index (Phi) is 4.15. The summed E-state index contributed by atoms with van der Waals surface area (Å²) < 4.78 is 0. The third kappa shape index (κ3) is 3.43. The Morgan fingerprint density at radius 3 is 2.61 bits per heavy atom. The molecule has 0 spiro atoms. The predicted molar refractivity (Wildman–Crippen MR) is 89.5 cm³/mol. The molecule has 0 aliphatic heterocycles. The van der Waals surface area contributed by atoms with Crippen molar-refractivity contribution in [3.8, 4) is 11.1 Å². The zero-order chi connectivity index (χ0) is 16.2. The topological polar surface area (TPSA) is 62.8 Å². The minimum absolute atomic E-state index is 0.181. The van der Waals surface area contributed by atoms with Gasteiger partial charge >= 0.3 is 0 Å². The first kappa shape index (κ1) is 14.9. The highest BCUT2D eigenvalue weighted by Gasteiger charge is 2.13. The minimum Gasteiger partial charge on any atom is -0.328 e. The number of hydrogen-bond acceptors (Lipinski definition) is 3. The first-order valence-electron chi connectivity index (χ1n) is 7.35. The Labute approximate surface area is 133 Å². The van der Waals surface area contributed by atoms with Crippen LogP contribution in [0, 0.1) is 6.92 Å². The van der Waals surface area contributed by atoms with Gasteiger partial charge in [0.2, 0.25) is 0 Å². The fourth-order valence-electron chi connectivity index (χ4n) is 2.50. The second-order valence-corrected chi connectivity index (χ2v) is 5.46. The van der Waals surface area contributed by atoms with Crippen LogP contribution in [0.1, 0.15) is 21.5 Å². The van der Waals surface area contributed by atoms with Gasteiger partial charge in [-0.25, -0.2) is 0 Å². The molecule has 0 fully saturated rings. The first-order valence-corrected chi connectivity index (χ1v) is 7.35. The molecule has 114 valence electrons. The van der Waals surface area contributed by atoms with Gasteiger partial charge in [-0.05, 0) is 41.8 Å². The molecule has 0 amide bonds. The van der Waals surface area contributed by atoms with E-state index in [0.29, 0.717) is 0 Å². The van der Waals surface area contributed by atoms with Gasteiger partial charge in [0.05, 0.1) is 5.56 Å². The van der Waals surface area contributed by atoms with Crippen molar-refractivity contribution in [2.75, 3.05) is 0 Å². The Morgan fingerprint density at radius 1 is 1.09 bits per heavy atom. The maximum Gasteiger partial charge on any atom is 0.258 e. The lowest BCUT2D eigenvalue weighted by Gasteiger charge is -2.05. The Hall–Kier alpha value is -3.01. The van der Waals surface area contributed by atoms with E-state index < -0.39 is 0 Å². The average molecular weight is 304 g/mol. The van der Waals surface area contributed by atoms with E-state index in [2.05, 4.69) is 9.97 Å². The molecule has 3 rings (SSSR count). The van der Waals surface area contributed by atoms with Crippen LogP contribution in [0.3, 0.4) is 0 Å². The van der Waals surface area contributed by atoms with Crippen molar-refractivity contribution in [2.24, 2.45) is 0 Å². The second-order valence-electron chi connectivity index (χ2n) is 5.46. The molecule has 2 heterocycles. The Morgan fingerprint density at radius 2 is 1.87 bits per heavy atom. The number of H-pyrrole nitrogens is 1. The Bertz CT molecular complexity index is 898. The second kappa shape index (κ2) is 6.40. The molecule has 0 atom stereocenters. The van der Waals surface area contributed by atoms with Crippen LogP contribution in [0.2, 0.25) is 0 Å². The molecule has 2 aromatic heterocycles. The maximum atomic E-state index is 12.5. The van der Waals surface area contributed by atoms with E-state index in [0.717, 1.165) is 22.3 Å². The van der Waals surface area contributed by atoms with Gasteiger partial charge in [0.25, 0.3) is 5.56 Å². The van der Waals surface area contributed by atoms with Crippen LogP contribution in [0.15, 0.2) is 65.8 Å². The number of aromatic nitrogens is 2. The number of carbonyl (C=O) groups is 1. The van der Waals surface area contributed by atoms with Gasteiger partial charge in [0, 0.05) is 25.0 Å². The lowest BCUT2D eigenvalue weighted by molar-refractivity contribution is 0.0991. The van der Waals surface area contributed by atoms with Crippen LogP contribution in [-0.2, 0) is 6.42 Å². The Balaban J connectivity index is 1.93. The molecule has 1 aromatic carbocycles. The highest BCUT2D eigenvalue weighted by Crippen LogP contribution is 2.17. The predicted octanol–water partition coefficient (Wildman–Crippen LogP) is 3.17. The van der Waals surface area contributed by atoms with Crippen LogP contribution < -0.4 is 5.56 Å². The zero-order valence-corrected chi connectivity index (χ0v) is 12.7. The van der Waals surface area contributed by atoms with Crippen molar-refractivity contribution in [2.45, 2.75) is 13.3 Å². The molecular weight excluding hydrogens is 288 g/mol. The minimum atomic E-state index is -0.361. The smallest absolute Gasteiger partial charge is 0.258 e. The average Bonchev–Trinajstić information content (AvgIpc) is 2.56. The summed E-state index contributed by atoms with van der Waals surface area (Å²) in [6.07, 6.45) is 5.18. The van der Waals surface area contributed by atoms with Crippen molar-refractivity contribution in [3.63, 3.8) is 0 Å². The van der Waals surface area contributed by atoms with Crippen LogP contribution in [0.4, 0.5) is 0 Å². The lowest BCUT2D eigenvalue weighted by Crippen LogP contribution is -2.19. The molecule has 0 saturated carbocycles. The number of aryl methyl sites for hydroxylation is 1. The van der Waals surface area contributed by atoms with Crippen molar-refractivity contribution in [1.82, 2.24) is 9.97 Å². The number of carbonyl (C=O) groups excluding carboxylic acids is 1. The van der Waals surface area contributed by atoms with Gasteiger partial charge in [-0.15, -0.1) is 0 Å². The lowest BCUT2D eigenvalue weighted by atomic mass is 10.0. The molecule has 0 bridgehead atoms. The first-order chi connectivity index (χ1) is 11.1. The molecule has 3 aromatic rings. The molecule has 4 heteroatoms.